The Balaban J connectivity index is 1.47. The molecule has 2 fully saturated rings. The lowest BCUT2D eigenvalue weighted by molar-refractivity contribution is -0.180. The monoisotopic (exact) mass is 306 g/mol. The van der Waals surface area contributed by atoms with Crippen LogP contribution in [0.4, 0.5) is 0 Å². The molecule has 3 rings (SSSR count). The van der Waals surface area contributed by atoms with E-state index < -0.39 is 0 Å². The van der Waals surface area contributed by atoms with Gasteiger partial charge in [-0.05, 0) is 24.7 Å². The van der Waals surface area contributed by atoms with Crippen molar-refractivity contribution in [1.29, 1.82) is 0 Å². The summed E-state index contributed by atoms with van der Waals surface area (Å²) in [6.45, 7) is 6.08. The van der Waals surface area contributed by atoms with Crippen molar-refractivity contribution in [2.75, 3.05) is 26.3 Å². The molecule has 0 radical (unpaired) electrons. The number of likely N-dealkylation sites (tertiary alicyclic amines) is 1. The number of hydrogen-bond donors (Lipinski definition) is 1. The maximum absolute atomic E-state index is 5.74. The van der Waals surface area contributed by atoms with Crippen LogP contribution in [0, 0.1) is 6.92 Å². The Morgan fingerprint density at radius 2 is 1.81 bits per heavy atom. The largest absolute Gasteiger partial charge is 0.358 e. The van der Waals surface area contributed by atoms with Gasteiger partial charge >= 0.3 is 0 Å². The molecule has 1 aromatic rings. The van der Waals surface area contributed by atoms with Crippen LogP contribution in [0.15, 0.2) is 24.3 Å². The van der Waals surface area contributed by atoms with Crippen molar-refractivity contribution in [2.45, 2.75) is 32.1 Å². The first-order chi connectivity index (χ1) is 10.2. The molecule has 1 spiro atoms. The molecular formula is C16H22N2O2S. The molecule has 0 bridgehead atoms. The van der Waals surface area contributed by atoms with E-state index in [4.69, 9.17) is 21.7 Å². The molecule has 0 saturated carbocycles. The summed E-state index contributed by atoms with van der Waals surface area (Å²) in [5.41, 5.74) is 2.53. The highest BCUT2D eigenvalue weighted by atomic mass is 32.1. The second-order valence-electron chi connectivity index (χ2n) is 5.74. The van der Waals surface area contributed by atoms with Gasteiger partial charge in [0.05, 0.1) is 13.2 Å². The number of hydrogen-bond acceptors (Lipinski definition) is 3. The lowest BCUT2D eigenvalue weighted by atomic mass is 10.0. The molecule has 4 nitrogen and oxygen atoms in total. The number of thiocarbonyl (C=S) groups is 1. The molecule has 0 amide bonds. The first kappa shape index (κ1) is 14.8. The SMILES string of the molecule is Cc1ccc(CNC(=S)N2CCC3(CC2)OCCO3)cc1. The van der Waals surface area contributed by atoms with Gasteiger partial charge in [-0.2, -0.15) is 0 Å². The predicted molar refractivity (Wildman–Crippen MR) is 86.1 cm³/mol. The zero-order chi connectivity index (χ0) is 14.7. The maximum atomic E-state index is 5.74. The van der Waals surface area contributed by atoms with Crippen molar-refractivity contribution >= 4 is 17.3 Å². The summed E-state index contributed by atoms with van der Waals surface area (Å²) in [6, 6.07) is 8.52. The van der Waals surface area contributed by atoms with Crippen LogP contribution in [-0.4, -0.2) is 42.1 Å². The van der Waals surface area contributed by atoms with Crippen LogP contribution in [0.1, 0.15) is 24.0 Å². The number of nitrogens with zero attached hydrogens (tertiary/aromatic N) is 1. The Kier molecular flexibility index (Phi) is 4.42. The molecule has 2 aliphatic rings. The minimum Gasteiger partial charge on any atom is -0.358 e. The highest BCUT2D eigenvalue weighted by Gasteiger charge is 2.40. The number of rotatable bonds is 2. The van der Waals surface area contributed by atoms with Gasteiger partial charge in [-0.1, -0.05) is 29.8 Å². The quantitative estimate of drug-likeness (QED) is 0.847. The minimum absolute atomic E-state index is 0.330. The molecule has 21 heavy (non-hydrogen) atoms. The van der Waals surface area contributed by atoms with Crippen LogP contribution >= 0.6 is 12.2 Å². The minimum atomic E-state index is -0.330. The third kappa shape index (κ3) is 3.54. The molecular weight excluding hydrogens is 284 g/mol. The second kappa shape index (κ2) is 6.30. The maximum Gasteiger partial charge on any atom is 0.171 e. The lowest BCUT2D eigenvalue weighted by Gasteiger charge is -2.38. The van der Waals surface area contributed by atoms with Gasteiger partial charge in [-0.15, -0.1) is 0 Å². The van der Waals surface area contributed by atoms with E-state index in [2.05, 4.69) is 41.4 Å². The van der Waals surface area contributed by atoms with Crippen molar-refractivity contribution in [3.63, 3.8) is 0 Å². The van der Waals surface area contributed by atoms with Crippen LogP contribution in [0.3, 0.4) is 0 Å². The lowest BCUT2D eigenvalue weighted by Crippen LogP contribution is -2.50. The van der Waals surface area contributed by atoms with Crippen molar-refractivity contribution < 1.29 is 9.47 Å². The summed E-state index contributed by atoms with van der Waals surface area (Å²) >= 11 is 5.50. The highest BCUT2D eigenvalue weighted by molar-refractivity contribution is 7.80. The third-order valence-corrected chi connectivity index (χ3v) is 4.59. The summed E-state index contributed by atoms with van der Waals surface area (Å²) in [6.07, 6.45) is 1.78. The van der Waals surface area contributed by atoms with E-state index in [1.54, 1.807) is 0 Å². The van der Waals surface area contributed by atoms with Crippen LogP contribution in [0.25, 0.3) is 0 Å². The molecule has 2 heterocycles. The summed E-state index contributed by atoms with van der Waals surface area (Å²) in [5.74, 6) is -0.330. The Hall–Kier alpha value is -1.17. The fraction of sp³-hybridized carbons (Fsp3) is 0.562. The number of piperidine rings is 1. The molecule has 0 atom stereocenters. The molecule has 114 valence electrons. The smallest absolute Gasteiger partial charge is 0.171 e. The van der Waals surface area contributed by atoms with Crippen molar-refractivity contribution in [1.82, 2.24) is 10.2 Å². The van der Waals surface area contributed by atoms with E-state index in [1.807, 2.05) is 0 Å². The predicted octanol–water partition coefficient (Wildman–Crippen LogP) is 2.21. The summed E-state index contributed by atoms with van der Waals surface area (Å²) in [4.78, 5) is 2.21. The molecule has 5 heteroatoms. The van der Waals surface area contributed by atoms with E-state index in [1.165, 1.54) is 11.1 Å². The van der Waals surface area contributed by atoms with E-state index in [-0.39, 0.29) is 5.79 Å². The molecule has 1 aromatic carbocycles. The highest BCUT2D eigenvalue weighted by Crippen LogP contribution is 2.31. The van der Waals surface area contributed by atoms with Crippen molar-refractivity contribution in [3.8, 4) is 0 Å². The van der Waals surface area contributed by atoms with Gasteiger partial charge in [0.2, 0.25) is 0 Å². The Morgan fingerprint density at radius 3 is 2.43 bits per heavy atom. The molecule has 2 saturated heterocycles. The van der Waals surface area contributed by atoms with Crippen molar-refractivity contribution in [3.05, 3.63) is 35.4 Å². The van der Waals surface area contributed by atoms with Gasteiger partial charge in [-0.3, -0.25) is 0 Å². The standard InChI is InChI=1S/C16H22N2O2S/c1-13-2-4-14(5-3-13)12-17-15(21)18-8-6-16(7-9-18)19-10-11-20-16/h2-5H,6-12H2,1H3,(H,17,21). The molecule has 0 aromatic heterocycles. The number of benzene rings is 1. The van der Waals surface area contributed by atoms with Crippen LogP contribution in [-0.2, 0) is 16.0 Å². The van der Waals surface area contributed by atoms with Crippen LogP contribution in [0.2, 0.25) is 0 Å². The zero-order valence-corrected chi connectivity index (χ0v) is 13.2. The topological polar surface area (TPSA) is 33.7 Å². The number of ether oxygens (including phenoxy) is 2. The average Bonchev–Trinajstić information content (AvgIpc) is 2.95. The van der Waals surface area contributed by atoms with E-state index in [0.29, 0.717) is 0 Å². The average molecular weight is 306 g/mol. The van der Waals surface area contributed by atoms with E-state index in [9.17, 15) is 0 Å². The summed E-state index contributed by atoms with van der Waals surface area (Å²) < 4.78 is 11.5. The van der Waals surface area contributed by atoms with Crippen molar-refractivity contribution in [2.24, 2.45) is 0 Å². The van der Waals surface area contributed by atoms with Crippen LogP contribution < -0.4 is 5.32 Å². The fourth-order valence-electron chi connectivity index (χ4n) is 2.83. The Morgan fingerprint density at radius 1 is 1.19 bits per heavy atom. The first-order valence-electron chi connectivity index (χ1n) is 7.53. The fourth-order valence-corrected chi connectivity index (χ4v) is 3.09. The Bertz CT molecular complexity index is 488. The third-order valence-electron chi connectivity index (χ3n) is 4.19. The van der Waals surface area contributed by atoms with Gasteiger partial charge in [0.25, 0.3) is 0 Å². The van der Waals surface area contributed by atoms with Gasteiger partial charge in [0, 0.05) is 32.5 Å². The molecule has 1 N–H and O–H groups in total. The van der Waals surface area contributed by atoms with Gasteiger partial charge in [0.1, 0.15) is 0 Å². The van der Waals surface area contributed by atoms with E-state index in [0.717, 1.165) is 50.8 Å². The first-order valence-corrected chi connectivity index (χ1v) is 7.94. The van der Waals surface area contributed by atoms with Crippen LogP contribution in [0.5, 0.6) is 0 Å². The number of aryl methyl sites for hydroxylation is 1. The molecule has 0 unspecified atom stereocenters. The Labute approximate surface area is 131 Å². The van der Waals surface area contributed by atoms with E-state index >= 15 is 0 Å². The van der Waals surface area contributed by atoms with Gasteiger partial charge in [0.15, 0.2) is 10.9 Å². The summed E-state index contributed by atoms with van der Waals surface area (Å²) in [7, 11) is 0. The van der Waals surface area contributed by atoms with Gasteiger partial charge < -0.3 is 19.7 Å². The molecule has 2 aliphatic heterocycles. The normalized spacial score (nSPS) is 20.7. The zero-order valence-electron chi connectivity index (χ0n) is 12.4. The molecule has 0 aliphatic carbocycles. The summed E-state index contributed by atoms with van der Waals surface area (Å²) in [5, 5.41) is 4.17. The van der Waals surface area contributed by atoms with Gasteiger partial charge in [-0.25, -0.2) is 0 Å². The second-order valence-corrected chi connectivity index (χ2v) is 6.13. The number of nitrogens with one attached hydrogen (secondary N) is 1.